The van der Waals surface area contributed by atoms with Gasteiger partial charge in [-0.2, -0.15) is 24.9 Å². The minimum absolute atomic E-state index is 0.0899. The van der Waals surface area contributed by atoms with Crippen LogP contribution in [0.5, 0.6) is 0 Å². The smallest absolute Gasteiger partial charge is 0.423 e. The van der Waals surface area contributed by atoms with Gasteiger partial charge in [-0.05, 0) is 84.8 Å². The van der Waals surface area contributed by atoms with Crippen molar-refractivity contribution in [2.45, 2.75) is 0 Å². The lowest BCUT2D eigenvalue weighted by atomic mass is 9.80. The number of nitrogens with zero attached hydrogens (tertiary/aromatic N) is 6. The van der Waals surface area contributed by atoms with Crippen molar-refractivity contribution in [3.63, 3.8) is 0 Å². The van der Waals surface area contributed by atoms with Gasteiger partial charge in [0.15, 0.2) is 17.5 Å². The second-order valence-corrected chi connectivity index (χ2v) is 15.7. The van der Waals surface area contributed by atoms with Gasteiger partial charge in [0.25, 0.3) is 0 Å². The fourth-order valence-electron chi connectivity index (χ4n) is 6.87. The summed E-state index contributed by atoms with van der Waals surface area (Å²) in [6.45, 7) is 0. The summed E-state index contributed by atoms with van der Waals surface area (Å²) in [5.41, 5.74) is 12.2. The van der Waals surface area contributed by atoms with E-state index in [0.29, 0.717) is 22.9 Å². The van der Waals surface area contributed by atoms with Crippen molar-refractivity contribution in [1.29, 1.82) is 0 Å². The molecule has 320 valence electrons. The Kier molecular flexibility index (Phi) is 15.1. The summed E-state index contributed by atoms with van der Waals surface area (Å²) >= 11 is 17.8. The van der Waals surface area contributed by atoms with Gasteiger partial charge in [-0.3, -0.25) is 0 Å². The van der Waals surface area contributed by atoms with Crippen molar-refractivity contribution in [3.05, 3.63) is 234 Å². The molecule has 0 fully saturated rings. The number of halogens is 3. The maximum Gasteiger partial charge on any atom is 0.488 e. The molecule has 0 aliphatic heterocycles. The fourth-order valence-corrected chi connectivity index (χ4v) is 7.39. The zero-order valence-electron chi connectivity index (χ0n) is 35.1. The number of hydrogen-bond acceptors (Lipinski definition) is 8. The van der Waals surface area contributed by atoms with E-state index in [4.69, 9.17) is 44.9 Å². The summed E-state index contributed by atoms with van der Waals surface area (Å²) < 4.78 is 0. The molecule has 0 spiro atoms. The second-order valence-electron chi connectivity index (χ2n) is 14.6. The maximum absolute atomic E-state index is 8.94. The molecule has 10 rings (SSSR count). The van der Waals surface area contributed by atoms with Gasteiger partial charge in [-0.15, -0.1) is 0 Å². The number of benzene rings is 8. The molecule has 0 saturated heterocycles. The zero-order valence-corrected chi connectivity index (χ0v) is 37.3. The van der Waals surface area contributed by atoms with Crippen LogP contribution >= 0.6 is 34.8 Å². The average Bonchev–Trinajstić information content (AvgIpc) is 3.37. The van der Waals surface area contributed by atoms with Gasteiger partial charge in [0.05, 0.1) is 0 Å². The molecule has 2 aromatic heterocycles. The first-order chi connectivity index (χ1) is 32.3. The first-order valence-electron chi connectivity index (χ1n) is 20.7. The van der Waals surface area contributed by atoms with Crippen molar-refractivity contribution in [3.8, 4) is 78.7 Å². The Morgan fingerprint density at radius 3 is 0.727 bits per heavy atom. The van der Waals surface area contributed by atoms with E-state index in [1.165, 1.54) is 11.1 Å². The normalized spacial score (nSPS) is 10.5. The summed E-state index contributed by atoms with van der Waals surface area (Å²) in [7, 11) is -1.39. The topological polar surface area (TPSA) is 118 Å². The molecule has 0 radical (unpaired) electrons. The van der Waals surface area contributed by atoms with Crippen LogP contribution in [0.15, 0.2) is 218 Å². The minimum atomic E-state index is -1.39. The van der Waals surface area contributed by atoms with Crippen molar-refractivity contribution in [2.75, 3.05) is 0 Å². The molecule has 8 nitrogen and oxygen atoms in total. The van der Waals surface area contributed by atoms with Crippen LogP contribution in [0.3, 0.4) is 0 Å². The third-order valence-electron chi connectivity index (χ3n) is 10.3. The van der Waals surface area contributed by atoms with Gasteiger partial charge < -0.3 is 10.0 Å². The molecule has 0 aliphatic rings. The lowest BCUT2D eigenvalue weighted by molar-refractivity contribution is 0.426. The van der Waals surface area contributed by atoms with Gasteiger partial charge in [0.1, 0.15) is 0 Å². The van der Waals surface area contributed by atoms with Gasteiger partial charge in [-0.1, -0.05) is 218 Å². The van der Waals surface area contributed by atoms with E-state index in [2.05, 4.69) is 90.6 Å². The lowest BCUT2D eigenvalue weighted by Gasteiger charge is -2.07. The zero-order chi connectivity index (χ0) is 45.7. The SMILES string of the molecule is Clc1nc(-c2ccc(-c3ccccc3)cc2)nc(-c2ccc(-c3ccccc3)cc2)n1.Clc1nc(Cl)nc(-c2ccc(-c3ccccc3)cc2)n1.OB(O)c1ccc(-c2ccccc2)cc1. The molecule has 0 atom stereocenters. The number of aromatic nitrogens is 6. The summed E-state index contributed by atoms with van der Waals surface area (Å²) in [5.74, 6) is 1.58. The van der Waals surface area contributed by atoms with Crippen LogP contribution < -0.4 is 5.46 Å². The Balaban J connectivity index is 0.000000145. The molecule has 12 heteroatoms. The Bertz CT molecular complexity index is 2980. The summed E-state index contributed by atoms with van der Waals surface area (Å²) in [6.07, 6.45) is 0. The van der Waals surface area contributed by atoms with E-state index >= 15 is 0 Å². The van der Waals surface area contributed by atoms with Crippen LogP contribution in [0.2, 0.25) is 15.9 Å². The van der Waals surface area contributed by atoms with Crippen LogP contribution in [0.25, 0.3) is 78.7 Å². The number of rotatable bonds is 8. The van der Waals surface area contributed by atoms with E-state index in [-0.39, 0.29) is 15.9 Å². The highest BCUT2D eigenvalue weighted by molar-refractivity contribution is 6.58. The van der Waals surface area contributed by atoms with Gasteiger partial charge in [0.2, 0.25) is 15.9 Å². The molecule has 0 unspecified atom stereocenters. The predicted octanol–water partition coefficient (Wildman–Crippen LogP) is 12.7. The second kappa shape index (κ2) is 22.0. The third kappa shape index (κ3) is 12.0. The van der Waals surface area contributed by atoms with E-state index in [1.54, 1.807) is 12.1 Å². The van der Waals surface area contributed by atoms with E-state index < -0.39 is 7.12 Å². The largest absolute Gasteiger partial charge is 0.488 e. The monoisotopic (exact) mass is 918 g/mol. The van der Waals surface area contributed by atoms with E-state index in [9.17, 15) is 0 Å². The molecule has 2 heterocycles. The fraction of sp³-hybridized carbons (Fsp3) is 0. The first-order valence-corrected chi connectivity index (χ1v) is 21.9. The van der Waals surface area contributed by atoms with Crippen molar-refractivity contribution < 1.29 is 10.0 Å². The molecule has 0 aliphatic carbocycles. The van der Waals surface area contributed by atoms with Gasteiger partial charge in [0, 0.05) is 16.7 Å². The predicted molar refractivity (Wildman–Crippen MR) is 269 cm³/mol. The minimum Gasteiger partial charge on any atom is -0.423 e. The van der Waals surface area contributed by atoms with Crippen molar-refractivity contribution >= 4 is 47.4 Å². The van der Waals surface area contributed by atoms with E-state index in [0.717, 1.165) is 50.1 Å². The van der Waals surface area contributed by atoms with Crippen LogP contribution in [-0.4, -0.2) is 47.1 Å². The maximum atomic E-state index is 8.94. The van der Waals surface area contributed by atoms with Crippen LogP contribution in [-0.2, 0) is 0 Å². The molecule has 10 aromatic rings. The third-order valence-corrected chi connectivity index (χ3v) is 10.8. The van der Waals surface area contributed by atoms with E-state index in [1.807, 2.05) is 146 Å². The average molecular weight is 920 g/mol. The summed E-state index contributed by atoms with van der Waals surface area (Å²) in [6, 6.07) is 72.0. The summed E-state index contributed by atoms with van der Waals surface area (Å²) in [5, 5.41) is 18.2. The highest BCUT2D eigenvalue weighted by Gasteiger charge is 2.12. The highest BCUT2D eigenvalue weighted by Crippen LogP contribution is 2.28. The molecular weight excluding hydrogens is 882 g/mol. The standard InChI is InChI=1S/C27H18ClN3.C15H9Cl2N3.C12H11BO2/c28-27-30-25(23-15-11-21(12-16-23)19-7-3-1-4-8-19)29-26(31-27)24-17-13-22(14-18-24)20-9-5-2-6-10-20;16-14-18-13(19-15(17)20-14)12-8-6-11(7-9-12)10-4-2-1-3-5-10;14-13(15)12-8-6-11(7-9-12)10-4-2-1-3-5-10/h1-18H;1-9H;1-9,14-15H. The Morgan fingerprint density at radius 2 is 0.455 bits per heavy atom. The molecule has 2 N–H and O–H groups in total. The molecular formula is C54H38BCl3N6O2. The van der Waals surface area contributed by atoms with Crippen molar-refractivity contribution in [1.82, 2.24) is 29.9 Å². The molecule has 0 bridgehead atoms. The molecule has 0 amide bonds. The summed E-state index contributed by atoms with van der Waals surface area (Å²) in [4.78, 5) is 25.2. The van der Waals surface area contributed by atoms with Crippen molar-refractivity contribution in [2.24, 2.45) is 0 Å². The molecule has 66 heavy (non-hydrogen) atoms. The quantitative estimate of drug-likeness (QED) is 0.145. The van der Waals surface area contributed by atoms with Gasteiger partial charge >= 0.3 is 7.12 Å². The highest BCUT2D eigenvalue weighted by atomic mass is 35.5. The Labute approximate surface area is 398 Å². The lowest BCUT2D eigenvalue weighted by Crippen LogP contribution is -2.29. The van der Waals surface area contributed by atoms with Crippen LogP contribution in [0.1, 0.15) is 0 Å². The molecule has 0 saturated carbocycles. The number of hydrogen-bond donors (Lipinski definition) is 2. The van der Waals surface area contributed by atoms with Crippen LogP contribution in [0.4, 0.5) is 0 Å². The van der Waals surface area contributed by atoms with Gasteiger partial charge in [-0.25, -0.2) is 4.98 Å². The Morgan fingerprint density at radius 1 is 0.242 bits per heavy atom. The molecule has 8 aromatic carbocycles. The Hall–Kier alpha value is -7.37. The van der Waals surface area contributed by atoms with Crippen LogP contribution in [0, 0.1) is 0 Å². The first kappa shape index (κ1) is 45.2.